The van der Waals surface area contributed by atoms with Gasteiger partial charge in [-0.2, -0.15) is 10.2 Å². The van der Waals surface area contributed by atoms with E-state index in [0.29, 0.717) is 17.9 Å². The normalized spacial score (nSPS) is 12.6. The van der Waals surface area contributed by atoms with Crippen molar-refractivity contribution in [2.45, 2.75) is 12.5 Å². The summed E-state index contributed by atoms with van der Waals surface area (Å²) in [4.78, 5) is 12.4. The van der Waals surface area contributed by atoms with Crippen molar-refractivity contribution in [3.05, 3.63) is 59.9 Å². The summed E-state index contributed by atoms with van der Waals surface area (Å²) in [5, 5.41) is 25.5. The van der Waals surface area contributed by atoms with Crippen molar-refractivity contribution in [2.75, 3.05) is 25.6 Å². The summed E-state index contributed by atoms with van der Waals surface area (Å²) in [5.41, 5.74) is 1.29. The van der Waals surface area contributed by atoms with Gasteiger partial charge in [0.2, 0.25) is 0 Å². The summed E-state index contributed by atoms with van der Waals surface area (Å²) in [5.74, 6) is 5.81. The van der Waals surface area contributed by atoms with E-state index in [9.17, 15) is 9.18 Å². The van der Waals surface area contributed by atoms with E-state index in [1.54, 1.807) is 19.2 Å². The second kappa shape index (κ2) is 11.3. The van der Waals surface area contributed by atoms with Gasteiger partial charge in [-0.3, -0.25) is 0 Å². The maximum Gasteiger partial charge on any atom is 0.319 e. The standard InChI is InChI=1S/C19H23FN6O3/c1-29-16-8-2-13(3-9-16)12-17(18(25-21)26-22-10-11-27)24-19(28)23-15-6-4-14(20)5-7-15/h2-9,17,27H,10-12,21H2,1H3,(H2,23,24,28)/t17-/m0/s1. The molecule has 2 rings (SSSR count). The number of urea groups is 1. The lowest BCUT2D eigenvalue weighted by atomic mass is 10.1. The van der Waals surface area contributed by atoms with Crippen LogP contribution in [0.2, 0.25) is 0 Å². The van der Waals surface area contributed by atoms with Crippen LogP contribution in [-0.4, -0.2) is 43.3 Å². The third kappa shape index (κ3) is 7.18. The molecule has 0 unspecified atom stereocenters. The van der Waals surface area contributed by atoms with E-state index >= 15 is 0 Å². The van der Waals surface area contributed by atoms with Crippen LogP contribution in [0.15, 0.2) is 63.9 Å². The molecule has 9 nitrogen and oxygen atoms in total. The molecule has 0 fully saturated rings. The Morgan fingerprint density at radius 3 is 2.48 bits per heavy atom. The van der Waals surface area contributed by atoms with Crippen LogP contribution in [0.1, 0.15) is 5.56 Å². The van der Waals surface area contributed by atoms with Gasteiger partial charge in [-0.15, -0.1) is 5.11 Å². The van der Waals surface area contributed by atoms with E-state index in [0.717, 1.165) is 5.56 Å². The molecule has 0 aliphatic heterocycles. The van der Waals surface area contributed by atoms with Crippen molar-refractivity contribution in [1.82, 2.24) is 5.32 Å². The van der Waals surface area contributed by atoms with Crippen molar-refractivity contribution >= 4 is 17.6 Å². The zero-order chi connectivity index (χ0) is 21.1. The van der Waals surface area contributed by atoms with Gasteiger partial charge in [0.1, 0.15) is 11.6 Å². The predicted molar refractivity (Wildman–Crippen MR) is 107 cm³/mol. The fraction of sp³-hybridized carbons (Fsp3) is 0.263. The van der Waals surface area contributed by atoms with Gasteiger partial charge in [0.05, 0.1) is 26.3 Å². The number of ether oxygens (including phenoxy) is 1. The molecule has 154 valence electrons. The Morgan fingerprint density at radius 1 is 1.21 bits per heavy atom. The van der Waals surface area contributed by atoms with E-state index in [1.165, 1.54) is 24.3 Å². The molecule has 0 aliphatic rings. The molecule has 5 N–H and O–H groups in total. The van der Waals surface area contributed by atoms with E-state index in [-0.39, 0.29) is 19.0 Å². The Hall–Kier alpha value is -3.53. The van der Waals surface area contributed by atoms with Crippen molar-refractivity contribution in [2.24, 2.45) is 21.2 Å². The number of amides is 2. The average Bonchev–Trinajstić information content (AvgIpc) is 2.73. The number of methoxy groups -OCH3 is 1. The molecular formula is C19H23FN6O3. The molecule has 1 atom stereocenters. The number of aliphatic hydroxyl groups is 1. The van der Waals surface area contributed by atoms with Gasteiger partial charge in [0, 0.05) is 12.1 Å². The maximum absolute atomic E-state index is 13.0. The first-order valence-electron chi connectivity index (χ1n) is 8.78. The van der Waals surface area contributed by atoms with Crippen LogP contribution >= 0.6 is 0 Å². The smallest absolute Gasteiger partial charge is 0.319 e. The Morgan fingerprint density at radius 2 is 1.90 bits per heavy atom. The number of amidine groups is 1. The van der Waals surface area contributed by atoms with Gasteiger partial charge in [-0.1, -0.05) is 12.1 Å². The summed E-state index contributed by atoms with van der Waals surface area (Å²) >= 11 is 0. The molecule has 0 saturated heterocycles. The summed E-state index contributed by atoms with van der Waals surface area (Å²) in [6, 6.07) is 11.4. The lowest BCUT2D eigenvalue weighted by Gasteiger charge is -2.18. The first kappa shape index (κ1) is 21.8. The fourth-order valence-corrected chi connectivity index (χ4v) is 2.42. The van der Waals surface area contributed by atoms with Gasteiger partial charge in [-0.25, -0.2) is 9.18 Å². The van der Waals surface area contributed by atoms with E-state index in [2.05, 4.69) is 26.0 Å². The van der Waals surface area contributed by atoms with Crippen LogP contribution in [-0.2, 0) is 6.42 Å². The summed E-state index contributed by atoms with van der Waals surface area (Å²) in [6.45, 7) is -0.0982. The highest BCUT2D eigenvalue weighted by Crippen LogP contribution is 2.14. The van der Waals surface area contributed by atoms with Gasteiger partial charge < -0.3 is 26.3 Å². The third-order valence-electron chi connectivity index (χ3n) is 3.82. The number of halogens is 1. The summed E-state index contributed by atoms with van der Waals surface area (Å²) < 4.78 is 18.2. The monoisotopic (exact) mass is 402 g/mol. The molecular weight excluding hydrogens is 379 g/mol. The van der Waals surface area contributed by atoms with Gasteiger partial charge >= 0.3 is 6.03 Å². The lowest BCUT2D eigenvalue weighted by molar-refractivity contribution is 0.250. The number of anilines is 1. The fourth-order valence-electron chi connectivity index (χ4n) is 2.42. The molecule has 10 heteroatoms. The summed E-state index contributed by atoms with van der Waals surface area (Å²) in [6.07, 6.45) is 0.328. The molecule has 0 aromatic heterocycles. The molecule has 0 spiro atoms. The highest BCUT2D eigenvalue weighted by atomic mass is 19.1. The minimum Gasteiger partial charge on any atom is -0.497 e. The molecule has 29 heavy (non-hydrogen) atoms. The number of hydrazone groups is 1. The highest BCUT2D eigenvalue weighted by Gasteiger charge is 2.20. The molecule has 2 aromatic carbocycles. The number of hydrogen-bond donors (Lipinski definition) is 4. The SMILES string of the molecule is COc1ccc(C[C@H](NC(=O)Nc2ccc(F)cc2)C(N=NCCO)=NN)cc1. The Bertz CT molecular complexity index is 840. The van der Waals surface area contributed by atoms with Crippen LogP contribution in [0, 0.1) is 5.82 Å². The van der Waals surface area contributed by atoms with Crippen molar-refractivity contribution in [3.8, 4) is 5.75 Å². The van der Waals surface area contributed by atoms with Crippen LogP contribution in [0.25, 0.3) is 0 Å². The number of azo groups is 1. The van der Waals surface area contributed by atoms with Crippen molar-refractivity contribution in [3.63, 3.8) is 0 Å². The van der Waals surface area contributed by atoms with Gasteiger partial charge in [-0.05, 0) is 42.0 Å². The number of hydrogen-bond acceptors (Lipinski definition) is 6. The first-order valence-corrected chi connectivity index (χ1v) is 8.78. The van der Waals surface area contributed by atoms with Crippen LogP contribution in [0.3, 0.4) is 0 Å². The molecule has 2 aromatic rings. The minimum atomic E-state index is -0.698. The van der Waals surface area contributed by atoms with Crippen LogP contribution < -0.4 is 21.2 Å². The molecule has 2 amide bonds. The number of nitrogens with one attached hydrogen (secondary N) is 2. The zero-order valence-electron chi connectivity index (χ0n) is 15.9. The van der Waals surface area contributed by atoms with E-state index in [4.69, 9.17) is 15.7 Å². The lowest BCUT2D eigenvalue weighted by Crippen LogP contribution is -2.44. The molecule has 0 aliphatic carbocycles. The molecule has 0 bridgehead atoms. The Labute approximate surface area is 167 Å². The van der Waals surface area contributed by atoms with Crippen molar-refractivity contribution < 1.29 is 19.0 Å². The van der Waals surface area contributed by atoms with E-state index < -0.39 is 17.9 Å². The third-order valence-corrected chi connectivity index (χ3v) is 3.82. The van der Waals surface area contributed by atoms with Gasteiger partial charge in [0.15, 0.2) is 5.84 Å². The Kier molecular flexibility index (Phi) is 8.51. The van der Waals surface area contributed by atoms with E-state index in [1.807, 2.05) is 12.1 Å². The number of carbonyl (C=O) groups is 1. The number of nitrogens with two attached hydrogens (primary N) is 1. The quantitative estimate of drug-likeness (QED) is 0.177. The highest BCUT2D eigenvalue weighted by molar-refractivity contribution is 5.95. The second-order valence-electron chi connectivity index (χ2n) is 5.89. The number of aliphatic hydroxyl groups excluding tert-OH is 1. The Balaban J connectivity index is 2.15. The second-order valence-corrected chi connectivity index (χ2v) is 5.89. The molecule has 0 radical (unpaired) electrons. The van der Waals surface area contributed by atoms with Crippen LogP contribution in [0.4, 0.5) is 14.9 Å². The number of carbonyl (C=O) groups excluding carboxylic acids is 1. The average molecular weight is 402 g/mol. The predicted octanol–water partition coefficient (Wildman–Crippen LogP) is 2.28. The largest absolute Gasteiger partial charge is 0.497 e. The van der Waals surface area contributed by atoms with Crippen LogP contribution in [0.5, 0.6) is 5.75 Å². The van der Waals surface area contributed by atoms with Gasteiger partial charge in [0.25, 0.3) is 0 Å². The minimum absolute atomic E-state index is 0.0794. The van der Waals surface area contributed by atoms with Crippen molar-refractivity contribution in [1.29, 1.82) is 0 Å². The zero-order valence-corrected chi connectivity index (χ0v) is 15.9. The molecule has 0 heterocycles. The number of benzene rings is 2. The number of rotatable bonds is 8. The molecule has 0 saturated carbocycles. The first-order chi connectivity index (χ1) is 14.0. The topological polar surface area (TPSA) is 134 Å². The maximum atomic E-state index is 13.0. The summed E-state index contributed by atoms with van der Waals surface area (Å²) in [7, 11) is 1.57. The number of nitrogens with zero attached hydrogens (tertiary/aromatic N) is 3.